The minimum atomic E-state index is -2.66. The molecule has 0 N–H and O–H groups in total. The molecule has 78 valence electrons. The van der Waals surface area contributed by atoms with Gasteiger partial charge >= 0.3 is 0 Å². The van der Waals surface area contributed by atoms with E-state index in [-0.39, 0.29) is 10.0 Å². The summed E-state index contributed by atoms with van der Waals surface area (Å²) in [5, 5.41) is 0. The molecule has 0 aliphatic carbocycles. The fraction of sp³-hybridized carbons (Fsp3) is 0.800. The number of unbranched alkanes of at least 4 members (excludes halogenated alkanes) is 4. The molecular weight excluding hydrogens is 285 g/mol. The summed E-state index contributed by atoms with van der Waals surface area (Å²) in [6.45, 7) is 5.39. The minimum absolute atomic E-state index is 0.0411. The van der Waals surface area contributed by atoms with Crippen LogP contribution in [-0.4, -0.2) is 5.92 Å². The van der Waals surface area contributed by atoms with Crippen molar-refractivity contribution < 1.29 is 8.78 Å². The van der Waals surface area contributed by atoms with Crippen LogP contribution in [0.2, 0.25) is 0 Å². The first-order valence-electron chi connectivity index (χ1n) is 4.73. The molecule has 0 rings (SSSR count). The standard InChI is InChI=1S/C10H17F2I/c1-3-4-5-6-7-8-10(11,12)9(2)13/h2-8H2,1H3. The lowest BCUT2D eigenvalue weighted by Gasteiger charge is -2.14. The van der Waals surface area contributed by atoms with Crippen LogP contribution >= 0.6 is 22.6 Å². The van der Waals surface area contributed by atoms with Gasteiger partial charge in [0, 0.05) is 6.42 Å². The maximum Gasteiger partial charge on any atom is 0.278 e. The van der Waals surface area contributed by atoms with Crippen molar-refractivity contribution >= 4 is 22.6 Å². The van der Waals surface area contributed by atoms with Crippen molar-refractivity contribution in [3.63, 3.8) is 0 Å². The zero-order valence-corrected chi connectivity index (χ0v) is 10.2. The fourth-order valence-corrected chi connectivity index (χ4v) is 1.36. The van der Waals surface area contributed by atoms with Gasteiger partial charge in [0.25, 0.3) is 5.92 Å². The maximum atomic E-state index is 12.9. The van der Waals surface area contributed by atoms with E-state index in [0.29, 0.717) is 6.42 Å². The quantitative estimate of drug-likeness (QED) is 0.462. The average Bonchev–Trinajstić information content (AvgIpc) is 2.03. The van der Waals surface area contributed by atoms with Crippen LogP contribution in [0.15, 0.2) is 10.2 Å². The fourth-order valence-electron chi connectivity index (χ4n) is 1.09. The summed E-state index contributed by atoms with van der Waals surface area (Å²) in [4.78, 5) is 0. The number of alkyl halides is 2. The molecule has 0 saturated carbocycles. The second-order valence-electron chi connectivity index (χ2n) is 3.27. The Labute approximate surface area is 92.9 Å². The Hall–Kier alpha value is 0.330. The van der Waals surface area contributed by atoms with Crippen LogP contribution in [0.3, 0.4) is 0 Å². The molecule has 0 aliphatic heterocycles. The van der Waals surface area contributed by atoms with Crippen molar-refractivity contribution in [3.05, 3.63) is 10.2 Å². The van der Waals surface area contributed by atoms with E-state index < -0.39 is 5.92 Å². The van der Waals surface area contributed by atoms with Gasteiger partial charge in [0.15, 0.2) is 0 Å². The zero-order chi connectivity index (χ0) is 10.3. The van der Waals surface area contributed by atoms with Crippen molar-refractivity contribution in [1.29, 1.82) is 0 Å². The summed E-state index contributed by atoms with van der Waals surface area (Å²) in [7, 11) is 0. The van der Waals surface area contributed by atoms with Crippen molar-refractivity contribution in [3.8, 4) is 0 Å². The first-order chi connectivity index (χ1) is 6.00. The lowest BCUT2D eigenvalue weighted by atomic mass is 10.1. The predicted octanol–water partition coefficient (Wildman–Crippen LogP) is 4.93. The summed E-state index contributed by atoms with van der Waals surface area (Å²) >= 11 is 1.61. The van der Waals surface area contributed by atoms with Crippen LogP contribution in [0.5, 0.6) is 0 Å². The van der Waals surface area contributed by atoms with Gasteiger partial charge in [0.05, 0.1) is 3.58 Å². The van der Waals surface area contributed by atoms with E-state index in [1.807, 2.05) is 0 Å². The topological polar surface area (TPSA) is 0 Å². The Morgan fingerprint density at radius 3 is 2.23 bits per heavy atom. The lowest BCUT2D eigenvalue weighted by molar-refractivity contribution is 0.0410. The summed E-state index contributed by atoms with van der Waals surface area (Å²) in [5.41, 5.74) is 0. The van der Waals surface area contributed by atoms with Gasteiger partial charge in [-0.2, -0.15) is 0 Å². The highest BCUT2D eigenvalue weighted by Gasteiger charge is 2.29. The molecule has 13 heavy (non-hydrogen) atoms. The highest BCUT2D eigenvalue weighted by molar-refractivity contribution is 14.1. The van der Waals surface area contributed by atoms with E-state index in [9.17, 15) is 8.78 Å². The number of rotatable bonds is 7. The monoisotopic (exact) mass is 302 g/mol. The van der Waals surface area contributed by atoms with E-state index in [1.165, 1.54) is 0 Å². The molecule has 0 saturated heterocycles. The van der Waals surface area contributed by atoms with Crippen molar-refractivity contribution in [2.45, 2.75) is 51.4 Å². The van der Waals surface area contributed by atoms with E-state index in [2.05, 4.69) is 13.5 Å². The third-order valence-electron chi connectivity index (χ3n) is 1.99. The molecule has 0 nitrogen and oxygen atoms in total. The molecule has 0 unspecified atom stereocenters. The molecule has 0 amide bonds. The Morgan fingerprint density at radius 1 is 1.23 bits per heavy atom. The highest BCUT2D eigenvalue weighted by Crippen LogP contribution is 2.32. The minimum Gasteiger partial charge on any atom is -0.201 e. The Morgan fingerprint density at radius 2 is 1.77 bits per heavy atom. The summed E-state index contributed by atoms with van der Waals surface area (Å²) in [6, 6.07) is 0. The van der Waals surface area contributed by atoms with Gasteiger partial charge in [-0.15, -0.1) is 0 Å². The normalized spacial score (nSPS) is 11.7. The zero-order valence-electron chi connectivity index (χ0n) is 8.08. The summed E-state index contributed by atoms with van der Waals surface area (Å²) in [6.07, 6.45) is 4.84. The lowest BCUT2D eigenvalue weighted by Crippen LogP contribution is -2.14. The van der Waals surface area contributed by atoms with Crippen molar-refractivity contribution in [2.24, 2.45) is 0 Å². The van der Waals surface area contributed by atoms with Crippen molar-refractivity contribution in [1.82, 2.24) is 0 Å². The molecule has 0 aromatic carbocycles. The van der Waals surface area contributed by atoms with E-state index in [1.54, 1.807) is 22.6 Å². The third-order valence-corrected chi connectivity index (χ3v) is 2.78. The Balaban J connectivity index is 3.46. The highest BCUT2D eigenvalue weighted by atomic mass is 127. The van der Waals surface area contributed by atoms with Crippen LogP contribution in [0.1, 0.15) is 45.4 Å². The number of hydrogen-bond acceptors (Lipinski definition) is 0. The molecule has 0 bridgehead atoms. The smallest absolute Gasteiger partial charge is 0.201 e. The van der Waals surface area contributed by atoms with Gasteiger partial charge in [0.2, 0.25) is 0 Å². The van der Waals surface area contributed by atoms with Crippen LogP contribution in [0.4, 0.5) is 8.78 Å². The first-order valence-corrected chi connectivity index (χ1v) is 5.81. The molecule has 0 aromatic rings. The second-order valence-corrected chi connectivity index (χ2v) is 4.58. The number of halogens is 3. The van der Waals surface area contributed by atoms with Crippen LogP contribution in [0, 0.1) is 0 Å². The van der Waals surface area contributed by atoms with Crippen LogP contribution in [-0.2, 0) is 0 Å². The van der Waals surface area contributed by atoms with E-state index >= 15 is 0 Å². The molecule has 3 heteroatoms. The first kappa shape index (κ1) is 13.3. The molecule has 0 radical (unpaired) electrons. The van der Waals surface area contributed by atoms with E-state index in [0.717, 1.165) is 25.7 Å². The summed E-state index contributed by atoms with van der Waals surface area (Å²) < 4.78 is 25.9. The molecule has 0 atom stereocenters. The molecule has 0 aliphatic rings. The Bertz CT molecular complexity index is 155. The second kappa shape index (κ2) is 6.74. The maximum absolute atomic E-state index is 12.9. The number of allylic oxidation sites excluding steroid dienone is 1. The molecule has 0 heterocycles. The summed E-state index contributed by atoms with van der Waals surface area (Å²) in [5.74, 6) is -2.66. The van der Waals surface area contributed by atoms with Gasteiger partial charge in [0.1, 0.15) is 0 Å². The average molecular weight is 302 g/mol. The molecular formula is C10H17F2I. The van der Waals surface area contributed by atoms with Crippen LogP contribution in [0.25, 0.3) is 0 Å². The molecule has 0 spiro atoms. The van der Waals surface area contributed by atoms with Crippen LogP contribution < -0.4 is 0 Å². The van der Waals surface area contributed by atoms with Crippen molar-refractivity contribution in [2.75, 3.05) is 0 Å². The Kier molecular flexibility index (Phi) is 6.91. The third kappa shape index (κ3) is 6.41. The van der Waals surface area contributed by atoms with E-state index in [4.69, 9.17) is 0 Å². The van der Waals surface area contributed by atoms with Gasteiger partial charge in [-0.1, -0.05) is 39.2 Å². The SMILES string of the molecule is C=C(I)C(F)(F)CCCCCCC. The van der Waals surface area contributed by atoms with Gasteiger partial charge < -0.3 is 0 Å². The molecule has 0 fully saturated rings. The number of hydrogen-bond donors (Lipinski definition) is 0. The van der Waals surface area contributed by atoms with Gasteiger partial charge in [-0.25, -0.2) is 8.78 Å². The van der Waals surface area contributed by atoms with Gasteiger partial charge in [-0.3, -0.25) is 0 Å². The molecule has 0 aromatic heterocycles. The van der Waals surface area contributed by atoms with Gasteiger partial charge in [-0.05, 0) is 29.0 Å². The predicted molar refractivity (Wildman–Crippen MR) is 61.5 cm³/mol. The largest absolute Gasteiger partial charge is 0.278 e.